The summed E-state index contributed by atoms with van der Waals surface area (Å²) in [6.45, 7) is 1.91. The fraction of sp³-hybridized carbons (Fsp3) is 0.435. The molecule has 0 bridgehead atoms. The van der Waals surface area contributed by atoms with Crippen LogP contribution in [-0.2, 0) is 4.79 Å². The molecule has 1 aliphatic rings. The molecule has 6 nitrogen and oxygen atoms in total. The molecule has 1 amide bonds. The number of aromatic nitrogens is 3. The molecule has 0 saturated heterocycles. The lowest BCUT2D eigenvalue weighted by Crippen LogP contribution is -2.36. The Bertz CT molecular complexity index is 959. The third kappa shape index (κ3) is 4.95. The van der Waals surface area contributed by atoms with Crippen molar-refractivity contribution in [3.8, 4) is 17.1 Å². The molecule has 1 N–H and O–H groups in total. The van der Waals surface area contributed by atoms with Crippen LogP contribution < -0.4 is 5.32 Å². The van der Waals surface area contributed by atoms with Gasteiger partial charge in [0.25, 0.3) is 0 Å². The van der Waals surface area contributed by atoms with Crippen molar-refractivity contribution < 1.29 is 9.21 Å². The quantitative estimate of drug-likeness (QED) is 0.554. The Kier molecular flexibility index (Phi) is 6.89. The van der Waals surface area contributed by atoms with Crippen molar-refractivity contribution in [1.82, 2.24) is 20.1 Å². The first-order valence-corrected chi connectivity index (χ1v) is 11.7. The van der Waals surface area contributed by atoms with Gasteiger partial charge in [-0.05, 0) is 38.0 Å². The zero-order valence-electron chi connectivity index (χ0n) is 17.3. The highest BCUT2D eigenvalue weighted by Crippen LogP contribution is 2.30. The minimum Gasteiger partial charge on any atom is -0.469 e. The van der Waals surface area contributed by atoms with Crippen molar-refractivity contribution in [1.29, 1.82) is 0 Å². The lowest BCUT2D eigenvalue weighted by molar-refractivity contribution is -0.119. The van der Waals surface area contributed by atoms with Crippen molar-refractivity contribution in [2.75, 3.05) is 5.75 Å². The van der Waals surface area contributed by atoms with E-state index in [0.717, 1.165) is 35.7 Å². The molecule has 0 spiro atoms. The van der Waals surface area contributed by atoms with E-state index in [1.807, 2.05) is 47.9 Å². The molecule has 1 saturated carbocycles. The summed E-state index contributed by atoms with van der Waals surface area (Å²) in [5, 5.41) is 12.7. The van der Waals surface area contributed by atoms with Gasteiger partial charge < -0.3 is 9.73 Å². The lowest BCUT2D eigenvalue weighted by Gasteiger charge is -2.20. The van der Waals surface area contributed by atoms with E-state index in [1.165, 1.54) is 43.9 Å². The Morgan fingerprint density at radius 1 is 1.10 bits per heavy atom. The van der Waals surface area contributed by atoms with Crippen LogP contribution in [0.15, 0.2) is 52.2 Å². The zero-order valence-corrected chi connectivity index (χ0v) is 18.2. The van der Waals surface area contributed by atoms with Gasteiger partial charge in [0, 0.05) is 11.7 Å². The van der Waals surface area contributed by atoms with E-state index in [4.69, 9.17) is 4.42 Å². The third-order valence-electron chi connectivity index (χ3n) is 5.55. The lowest BCUT2D eigenvalue weighted by atomic mass is 9.97. The first-order valence-electron chi connectivity index (χ1n) is 10.7. The molecule has 7 heteroatoms. The van der Waals surface area contributed by atoms with Crippen LogP contribution >= 0.6 is 11.8 Å². The van der Waals surface area contributed by atoms with E-state index < -0.39 is 0 Å². The number of nitrogens with zero attached hydrogens (tertiary/aromatic N) is 3. The van der Waals surface area contributed by atoms with E-state index in [0.29, 0.717) is 17.0 Å². The molecule has 30 heavy (non-hydrogen) atoms. The Balaban J connectivity index is 1.49. The van der Waals surface area contributed by atoms with Crippen molar-refractivity contribution >= 4 is 17.7 Å². The molecule has 3 aromatic rings. The maximum atomic E-state index is 12.6. The summed E-state index contributed by atoms with van der Waals surface area (Å²) < 4.78 is 7.46. The van der Waals surface area contributed by atoms with E-state index in [2.05, 4.69) is 15.5 Å². The number of carbonyl (C=O) groups is 1. The molecular formula is C23H28N4O2S. The monoisotopic (exact) mass is 424 g/mol. The molecule has 4 rings (SSSR count). The fourth-order valence-corrected chi connectivity index (χ4v) is 4.73. The van der Waals surface area contributed by atoms with Gasteiger partial charge in [0.15, 0.2) is 11.0 Å². The maximum Gasteiger partial charge on any atom is 0.230 e. The molecule has 2 heterocycles. The van der Waals surface area contributed by atoms with Crippen LogP contribution in [-0.4, -0.2) is 32.5 Å². The summed E-state index contributed by atoms with van der Waals surface area (Å²) in [5.41, 5.74) is 1.86. The van der Waals surface area contributed by atoms with E-state index in [1.54, 1.807) is 6.26 Å². The second-order valence-corrected chi connectivity index (χ2v) is 8.71. The molecule has 1 aromatic carbocycles. The van der Waals surface area contributed by atoms with Crippen molar-refractivity contribution in [3.05, 3.63) is 48.4 Å². The first kappa shape index (κ1) is 20.7. The van der Waals surface area contributed by atoms with Gasteiger partial charge in [0.1, 0.15) is 5.76 Å². The highest BCUT2D eigenvalue weighted by Gasteiger charge is 2.20. The average Bonchev–Trinajstić information content (AvgIpc) is 3.34. The smallest absolute Gasteiger partial charge is 0.230 e. The van der Waals surface area contributed by atoms with Crippen LogP contribution in [0.1, 0.15) is 50.7 Å². The van der Waals surface area contributed by atoms with Crippen molar-refractivity contribution in [2.45, 2.75) is 63.1 Å². The van der Waals surface area contributed by atoms with Crippen LogP contribution in [0.3, 0.4) is 0 Å². The highest BCUT2D eigenvalue weighted by atomic mass is 32.2. The number of aryl methyl sites for hydroxylation is 1. The van der Waals surface area contributed by atoms with Gasteiger partial charge in [0.05, 0.1) is 17.6 Å². The second kappa shape index (κ2) is 9.98. The Morgan fingerprint density at radius 3 is 2.53 bits per heavy atom. The second-order valence-electron chi connectivity index (χ2n) is 7.77. The zero-order chi connectivity index (χ0) is 20.8. The standard InChI is InChI=1S/C23H28N4O2S/c1-17-20(14-15-29-17)22-25-26-23(27(22)19-12-8-5-9-13-19)30-16-21(28)24-18-10-6-3-2-4-7-11-18/h5,8-9,12-15,18H,2-4,6-7,10-11,16H2,1H3,(H,24,28). The van der Waals surface area contributed by atoms with Gasteiger partial charge in [-0.3, -0.25) is 9.36 Å². The molecule has 1 aliphatic carbocycles. The number of hydrogen-bond acceptors (Lipinski definition) is 5. The number of para-hydroxylation sites is 1. The van der Waals surface area contributed by atoms with Gasteiger partial charge in [-0.25, -0.2) is 0 Å². The summed E-state index contributed by atoms with van der Waals surface area (Å²) in [6.07, 6.45) is 10.1. The normalized spacial score (nSPS) is 15.5. The number of furan rings is 1. The fourth-order valence-electron chi connectivity index (χ4n) is 3.96. The highest BCUT2D eigenvalue weighted by molar-refractivity contribution is 7.99. The molecule has 0 radical (unpaired) electrons. The number of benzene rings is 1. The predicted molar refractivity (Wildman–Crippen MR) is 119 cm³/mol. The molecule has 1 fully saturated rings. The van der Waals surface area contributed by atoms with E-state index in [-0.39, 0.29) is 5.91 Å². The van der Waals surface area contributed by atoms with Gasteiger partial charge in [-0.1, -0.05) is 62.1 Å². The number of carbonyl (C=O) groups excluding carboxylic acids is 1. The summed E-state index contributed by atoms with van der Waals surface area (Å²) >= 11 is 1.42. The third-order valence-corrected chi connectivity index (χ3v) is 6.48. The van der Waals surface area contributed by atoms with Crippen LogP contribution in [0.25, 0.3) is 17.1 Å². The SMILES string of the molecule is Cc1occc1-c1nnc(SCC(=O)NC2CCCCCCC2)n1-c1ccccc1. The molecule has 2 aromatic heterocycles. The summed E-state index contributed by atoms with van der Waals surface area (Å²) in [7, 11) is 0. The van der Waals surface area contributed by atoms with Crippen LogP contribution in [0.4, 0.5) is 0 Å². The van der Waals surface area contributed by atoms with Gasteiger partial charge in [-0.2, -0.15) is 0 Å². The van der Waals surface area contributed by atoms with E-state index >= 15 is 0 Å². The minimum atomic E-state index is 0.0641. The number of amides is 1. The molecule has 0 unspecified atom stereocenters. The number of nitrogens with one attached hydrogen (secondary N) is 1. The maximum absolute atomic E-state index is 12.6. The number of rotatable bonds is 6. The number of hydrogen-bond donors (Lipinski definition) is 1. The first-order chi connectivity index (χ1) is 14.7. The minimum absolute atomic E-state index is 0.0641. The average molecular weight is 425 g/mol. The summed E-state index contributed by atoms with van der Waals surface area (Å²) in [6, 6.07) is 12.2. The van der Waals surface area contributed by atoms with Gasteiger partial charge in [0.2, 0.25) is 5.91 Å². The Labute approximate surface area is 181 Å². The van der Waals surface area contributed by atoms with Gasteiger partial charge >= 0.3 is 0 Å². The van der Waals surface area contributed by atoms with Gasteiger partial charge in [-0.15, -0.1) is 10.2 Å². The predicted octanol–water partition coefficient (Wildman–Crippen LogP) is 5.16. The Hall–Kier alpha value is -2.54. The molecular weight excluding hydrogens is 396 g/mol. The molecule has 0 aliphatic heterocycles. The Morgan fingerprint density at radius 2 is 1.83 bits per heavy atom. The van der Waals surface area contributed by atoms with Crippen LogP contribution in [0.2, 0.25) is 0 Å². The molecule has 158 valence electrons. The van der Waals surface area contributed by atoms with Crippen LogP contribution in [0, 0.1) is 6.92 Å². The van der Waals surface area contributed by atoms with Crippen molar-refractivity contribution in [2.24, 2.45) is 0 Å². The topological polar surface area (TPSA) is 72.9 Å². The largest absolute Gasteiger partial charge is 0.469 e. The van der Waals surface area contributed by atoms with Crippen molar-refractivity contribution in [3.63, 3.8) is 0 Å². The van der Waals surface area contributed by atoms with E-state index in [9.17, 15) is 4.79 Å². The summed E-state index contributed by atoms with van der Waals surface area (Å²) in [4.78, 5) is 12.6. The molecule has 0 atom stereocenters. The summed E-state index contributed by atoms with van der Waals surface area (Å²) in [5.74, 6) is 1.90. The van der Waals surface area contributed by atoms with Crippen LogP contribution in [0.5, 0.6) is 0 Å². The number of thioether (sulfide) groups is 1.